The van der Waals surface area contributed by atoms with Gasteiger partial charge in [0.05, 0.1) is 5.56 Å². The Labute approximate surface area is 146 Å². The summed E-state index contributed by atoms with van der Waals surface area (Å²) in [5.74, 6) is 0.623. The Morgan fingerprint density at radius 3 is 2.68 bits per heavy atom. The number of fused-ring (bicyclic) bond motifs is 1. The third kappa shape index (κ3) is 3.01. The van der Waals surface area contributed by atoms with Crippen molar-refractivity contribution in [1.82, 2.24) is 9.55 Å². The number of nitrogens with zero attached hydrogens (tertiary/aromatic N) is 2. The van der Waals surface area contributed by atoms with E-state index in [1.165, 1.54) is 24.6 Å². The highest BCUT2D eigenvalue weighted by Gasteiger charge is 2.15. The van der Waals surface area contributed by atoms with Crippen LogP contribution in [0.25, 0.3) is 11.4 Å². The minimum absolute atomic E-state index is 0.0272. The summed E-state index contributed by atoms with van der Waals surface area (Å²) in [6.45, 7) is 1.01. The van der Waals surface area contributed by atoms with E-state index in [9.17, 15) is 9.90 Å². The van der Waals surface area contributed by atoms with Gasteiger partial charge in [-0.2, -0.15) is 0 Å². The molecule has 2 aromatic carbocycles. The molecule has 1 amide bonds. The van der Waals surface area contributed by atoms with E-state index in [2.05, 4.69) is 14.9 Å². The third-order valence-electron chi connectivity index (χ3n) is 4.55. The minimum Gasteiger partial charge on any atom is -0.507 e. The molecule has 4 rings (SSSR count). The molecule has 0 saturated carbocycles. The van der Waals surface area contributed by atoms with E-state index in [1.807, 2.05) is 30.5 Å². The highest BCUT2D eigenvalue weighted by atomic mass is 16.3. The van der Waals surface area contributed by atoms with Crippen LogP contribution in [0.15, 0.2) is 54.7 Å². The maximum atomic E-state index is 12.3. The highest BCUT2D eigenvalue weighted by molar-refractivity contribution is 6.06. The first-order chi connectivity index (χ1) is 12.2. The van der Waals surface area contributed by atoms with Gasteiger partial charge in [-0.1, -0.05) is 12.1 Å². The normalized spacial score (nSPS) is 13.3. The average Bonchev–Trinajstić information content (AvgIpc) is 3.07. The van der Waals surface area contributed by atoms with Crippen LogP contribution in [0.2, 0.25) is 0 Å². The van der Waals surface area contributed by atoms with Crippen molar-refractivity contribution in [1.29, 1.82) is 0 Å². The molecule has 0 bridgehead atoms. The summed E-state index contributed by atoms with van der Waals surface area (Å²) in [6, 6.07) is 14.1. The average molecular weight is 333 g/mol. The van der Waals surface area contributed by atoms with Gasteiger partial charge in [0.15, 0.2) is 0 Å². The van der Waals surface area contributed by atoms with E-state index in [0.717, 1.165) is 24.4 Å². The van der Waals surface area contributed by atoms with E-state index in [1.54, 1.807) is 18.2 Å². The Bertz CT molecular complexity index is 913. The van der Waals surface area contributed by atoms with Crippen molar-refractivity contribution < 1.29 is 9.90 Å². The second-order valence-corrected chi connectivity index (χ2v) is 6.23. The molecule has 1 aliphatic heterocycles. The predicted octanol–water partition coefficient (Wildman–Crippen LogP) is 3.84. The maximum absolute atomic E-state index is 12.3. The van der Waals surface area contributed by atoms with Crippen molar-refractivity contribution in [3.63, 3.8) is 0 Å². The van der Waals surface area contributed by atoms with Crippen molar-refractivity contribution in [3.05, 3.63) is 66.0 Å². The molecule has 2 heterocycles. The Morgan fingerprint density at radius 1 is 1.08 bits per heavy atom. The summed E-state index contributed by atoms with van der Waals surface area (Å²) < 4.78 is 2.28. The largest absolute Gasteiger partial charge is 0.507 e. The second kappa shape index (κ2) is 6.43. The van der Waals surface area contributed by atoms with Crippen LogP contribution in [0.5, 0.6) is 5.75 Å². The number of phenols is 1. The Morgan fingerprint density at radius 2 is 1.88 bits per heavy atom. The van der Waals surface area contributed by atoms with Crippen LogP contribution < -0.4 is 5.32 Å². The van der Waals surface area contributed by atoms with E-state index < -0.39 is 0 Å². The van der Waals surface area contributed by atoms with Gasteiger partial charge in [0, 0.05) is 29.7 Å². The van der Waals surface area contributed by atoms with Crippen LogP contribution in [-0.2, 0) is 13.0 Å². The van der Waals surface area contributed by atoms with E-state index >= 15 is 0 Å². The number of hydrogen-bond acceptors (Lipinski definition) is 3. The zero-order valence-electron chi connectivity index (χ0n) is 13.8. The van der Waals surface area contributed by atoms with Crippen LogP contribution in [0.1, 0.15) is 28.9 Å². The van der Waals surface area contributed by atoms with Crippen LogP contribution in [-0.4, -0.2) is 20.6 Å². The lowest BCUT2D eigenvalue weighted by Gasteiger charge is -2.16. The molecule has 0 radical (unpaired) electrons. The minimum atomic E-state index is -0.330. The van der Waals surface area contributed by atoms with Gasteiger partial charge in [0.2, 0.25) is 0 Å². The van der Waals surface area contributed by atoms with Gasteiger partial charge in [0.1, 0.15) is 11.6 Å². The summed E-state index contributed by atoms with van der Waals surface area (Å²) in [5.41, 5.74) is 3.27. The molecule has 25 heavy (non-hydrogen) atoms. The summed E-state index contributed by atoms with van der Waals surface area (Å²) in [4.78, 5) is 16.8. The number of nitrogens with one attached hydrogen (secondary N) is 1. The summed E-state index contributed by atoms with van der Waals surface area (Å²) in [6.07, 6.45) is 5.46. The molecule has 0 saturated heterocycles. The molecule has 0 spiro atoms. The Kier molecular flexibility index (Phi) is 3.98. The smallest absolute Gasteiger partial charge is 0.259 e. The van der Waals surface area contributed by atoms with Crippen LogP contribution in [0.3, 0.4) is 0 Å². The van der Waals surface area contributed by atoms with Crippen LogP contribution >= 0.6 is 0 Å². The number of phenolic OH excluding ortho intramolecular Hbond substituents is 1. The van der Waals surface area contributed by atoms with Crippen LogP contribution in [0.4, 0.5) is 5.69 Å². The molecule has 2 N–H and O–H groups in total. The number of para-hydroxylation sites is 1. The number of imidazole rings is 1. The van der Waals surface area contributed by atoms with Crippen molar-refractivity contribution in [2.45, 2.75) is 25.8 Å². The number of carbonyl (C=O) groups excluding carboxylic acids is 1. The molecule has 3 aromatic rings. The van der Waals surface area contributed by atoms with Crippen molar-refractivity contribution in [2.75, 3.05) is 5.32 Å². The van der Waals surface area contributed by atoms with E-state index in [4.69, 9.17) is 0 Å². The van der Waals surface area contributed by atoms with Crippen molar-refractivity contribution in [2.24, 2.45) is 0 Å². The first kappa shape index (κ1) is 15.4. The summed E-state index contributed by atoms with van der Waals surface area (Å²) in [5, 5.41) is 12.6. The van der Waals surface area contributed by atoms with Gasteiger partial charge in [-0.3, -0.25) is 4.79 Å². The van der Waals surface area contributed by atoms with E-state index in [-0.39, 0.29) is 17.2 Å². The maximum Gasteiger partial charge on any atom is 0.259 e. The van der Waals surface area contributed by atoms with Gasteiger partial charge < -0.3 is 15.0 Å². The molecule has 0 atom stereocenters. The zero-order valence-corrected chi connectivity index (χ0v) is 13.8. The molecule has 126 valence electrons. The Balaban J connectivity index is 1.54. The Hall–Kier alpha value is -3.08. The molecule has 1 aliphatic rings. The van der Waals surface area contributed by atoms with Gasteiger partial charge >= 0.3 is 0 Å². The fourth-order valence-electron chi connectivity index (χ4n) is 3.23. The topological polar surface area (TPSA) is 67.2 Å². The molecule has 1 aromatic heterocycles. The molecule has 0 aliphatic carbocycles. The predicted molar refractivity (Wildman–Crippen MR) is 96.7 cm³/mol. The third-order valence-corrected chi connectivity index (χ3v) is 4.55. The summed E-state index contributed by atoms with van der Waals surface area (Å²) in [7, 11) is 0. The number of anilines is 1. The molecular formula is C20H19N3O2. The molecule has 5 nitrogen and oxygen atoms in total. The highest BCUT2D eigenvalue weighted by Crippen LogP contribution is 2.26. The first-order valence-corrected chi connectivity index (χ1v) is 8.46. The zero-order chi connectivity index (χ0) is 17.2. The fourth-order valence-corrected chi connectivity index (χ4v) is 3.23. The van der Waals surface area contributed by atoms with Gasteiger partial charge in [-0.25, -0.2) is 4.98 Å². The van der Waals surface area contributed by atoms with Crippen molar-refractivity contribution >= 4 is 11.6 Å². The van der Waals surface area contributed by atoms with Gasteiger partial charge in [0.25, 0.3) is 5.91 Å². The standard InChI is InChI=1S/C20H19N3O2/c24-18-7-2-1-6-17(18)20(25)22-15-10-8-14(9-11-15)19-21-13-16-5-3-4-12-23(16)19/h1-2,6-11,13,24H,3-5,12H2,(H,22,25). The molecular weight excluding hydrogens is 314 g/mol. The number of aromatic hydroxyl groups is 1. The number of hydrogen-bond donors (Lipinski definition) is 2. The lowest BCUT2D eigenvalue weighted by atomic mass is 10.1. The number of amides is 1. The van der Waals surface area contributed by atoms with E-state index in [0.29, 0.717) is 5.69 Å². The molecule has 0 fully saturated rings. The number of benzene rings is 2. The SMILES string of the molecule is O=C(Nc1ccc(-c2ncc3n2CCCC3)cc1)c1ccccc1O. The molecule has 0 unspecified atom stereocenters. The monoisotopic (exact) mass is 333 g/mol. The first-order valence-electron chi connectivity index (χ1n) is 8.46. The second-order valence-electron chi connectivity index (χ2n) is 6.23. The van der Waals surface area contributed by atoms with Gasteiger partial charge in [-0.15, -0.1) is 0 Å². The summed E-state index contributed by atoms with van der Waals surface area (Å²) >= 11 is 0. The number of aryl methyl sites for hydroxylation is 1. The fraction of sp³-hybridized carbons (Fsp3) is 0.200. The van der Waals surface area contributed by atoms with Crippen LogP contribution in [0, 0.1) is 0 Å². The lowest BCUT2D eigenvalue weighted by molar-refractivity contribution is 0.102. The number of carbonyl (C=O) groups is 1. The van der Waals surface area contributed by atoms with Gasteiger partial charge in [-0.05, 0) is 55.7 Å². The number of aromatic nitrogens is 2. The lowest BCUT2D eigenvalue weighted by Crippen LogP contribution is -2.12. The molecule has 5 heteroatoms. The van der Waals surface area contributed by atoms with Crippen molar-refractivity contribution in [3.8, 4) is 17.1 Å². The quantitative estimate of drug-likeness (QED) is 0.765. The number of rotatable bonds is 3.